The second-order valence-electron chi connectivity index (χ2n) is 11.2. The molecular formula is C33H27NO9. The summed E-state index contributed by atoms with van der Waals surface area (Å²) in [7, 11) is 0. The van der Waals surface area contributed by atoms with Gasteiger partial charge in [-0.3, -0.25) is 14.4 Å². The van der Waals surface area contributed by atoms with E-state index in [0.29, 0.717) is 22.6 Å². The molecule has 5 N–H and O–H groups in total. The van der Waals surface area contributed by atoms with Crippen LogP contribution in [0.25, 0.3) is 16.9 Å². The largest absolute Gasteiger partial charge is 0.507 e. The highest BCUT2D eigenvalue weighted by Gasteiger charge is 2.62. The van der Waals surface area contributed by atoms with Gasteiger partial charge in [-0.25, -0.2) is 0 Å². The number of fused-ring (bicyclic) bond motifs is 4. The van der Waals surface area contributed by atoms with Crippen LogP contribution in [0.5, 0.6) is 17.2 Å². The Bertz CT molecular complexity index is 1790. The van der Waals surface area contributed by atoms with Crippen molar-refractivity contribution >= 4 is 23.2 Å². The number of phenols is 1. The maximum Gasteiger partial charge on any atom is 0.255 e. The van der Waals surface area contributed by atoms with Gasteiger partial charge in [-0.15, -0.1) is 0 Å². The molecule has 43 heavy (non-hydrogen) atoms. The Balaban J connectivity index is 1.29. The Morgan fingerprint density at radius 1 is 0.977 bits per heavy atom. The molecule has 10 nitrogen and oxygen atoms in total. The molecule has 0 radical (unpaired) electrons. The Labute approximate surface area is 245 Å². The van der Waals surface area contributed by atoms with Crippen LogP contribution in [-0.2, 0) is 32.1 Å². The molecule has 0 bridgehead atoms. The number of ketones is 2. The number of Topliss-reactive ketones (excluding diaryl/α,β-unsaturated/α-hetero) is 2. The molecule has 1 heterocycles. The van der Waals surface area contributed by atoms with Crippen LogP contribution in [0.1, 0.15) is 29.5 Å². The molecule has 0 spiro atoms. The molecule has 1 fully saturated rings. The average Bonchev–Trinajstić information content (AvgIpc) is 3.46. The third-order valence-electron chi connectivity index (χ3n) is 8.86. The summed E-state index contributed by atoms with van der Waals surface area (Å²) in [6, 6.07) is 17.7. The summed E-state index contributed by atoms with van der Waals surface area (Å²) in [6.07, 6.45) is 0.296. The first-order valence-electron chi connectivity index (χ1n) is 13.9. The van der Waals surface area contributed by atoms with E-state index in [-0.39, 0.29) is 55.3 Å². The van der Waals surface area contributed by atoms with Crippen LogP contribution in [0.2, 0.25) is 0 Å². The molecule has 1 saturated carbocycles. The Kier molecular flexibility index (Phi) is 6.07. The molecule has 218 valence electrons. The number of benzene rings is 3. The van der Waals surface area contributed by atoms with Gasteiger partial charge in [0, 0.05) is 17.9 Å². The molecule has 1 aliphatic heterocycles. The van der Waals surface area contributed by atoms with E-state index in [9.17, 15) is 29.7 Å². The third kappa shape index (κ3) is 4.01. The fraction of sp³-hybridized carbons (Fsp3) is 0.242. The lowest BCUT2D eigenvalue weighted by atomic mass is 9.58. The number of aliphatic hydroxyl groups excluding tert-OH is 1. The number of carbonyl (C=O) groups excluding carboxylic acids is 3. The van der Waals surface area contributed by atoms with Gasteiger partial charge in [0.05, 0.1) is 5.56 Å². The first-order chi connectivity index (χ1) is 20.7. The van der Waals surface area contributed by atoms with E-state index in [1.54, 1.807) is 12.1 Å². The molecule has 4 aliphatic rings. The zero-order valence-corrected chi connectivity index (χ0v) is 22.8. The molecular weight excluding hydrogens is 554 g/mol. The zero-order valence-electron chi connectivity index (χ0n) is 22.8. The monoisotopic (exact) mass is 581 g/mol. The molecule has 0 aromatic heterocycles. The quantitative estimate of drug-likeness (QED) is 0.261. The van der Waals surface area contributed by atoms with Gasteiger partial charge >= 0.3 is 0 Å². The van der Waals surface area contributed by atoms with Crippen LogP contribution in [0.4, 0.5) is 0 Å². The topological polar surface area (TPSA) is 166 Å². The van der Waals surface area contributed by atoms with Crippen molar-refractivity contribution in [2.45, 2.75) is 31.5 Å². The third-order valence-corrected chi connectivity index (χ3v) is 8.86. The van der Waals surface area contributed by atoms with Crippen molar-refractivity contribution in [3.05, 3.63) is 94.3 Å². The van der Waals surface area contributed by atoms with Crippen molar-refractivity contribution in [1.29, 1.82) is 0 Å². The molecule has 3 aliphatic carbocycles. The van der Waals surface area contributed by atoms with Crippen molar-refractivity contribution in [2.75, 3.05) is 6.79 Å². The lowest BCUT2D eigenvalue weighted by molar-refractivity contribution is -0.158. The Morgan fingerprint density at radius 3 is 2.51 bits per heavy atom. The van der Waals surface area contributed by atoms with Crippen molar-refractivity contribution < 1.29 is 43.9 Å². The van der Waals surface area contributed by atoms with Gasteiger partial charge in [0.15, 0.2) is 17.1 Å². The predicted molar refractivity (Wildman–Crippen MR) is 152 cm³/mol. The van der Waals surface area contributed by atoms with Crippen LogP contribution in [0, 0.1) is 11.8 Å². The lowest BCUT2D eigenvalue weighted by Crippen LogP contribution is -2.61. The number of hydrogen-bond acceptors (Lipinski definition) is 9. The van der Waals surface area contributed by atoms with Gasteiger partial charge in [-0.2, -0.15) is 0 Å². The summed E-state index contributed by atoms with van der Waals surface area (Å²) in [6.45, 7) is 0.162. The minimum atomic E-state index is -2.62. The molecule has 3 atom stereocenters. The van der Waals surface area contributed by atoms with Crippen LogP contribution in [0.3, 0.4) is 0 Å². The highest BCUT2D eigenvalue weighted by Crippen LogP contribution is 2.53. The first-order valence-corrected chi connectivity index (χ1v) is 13.9. The minimum Gasteiger partial charge on any atom is -0.507 e. The first kappa shape index (κ1) is 26.8. The fourth-order valence-electron chi connectivity index (χ4n) is 6.81. The smallest absolute Gasteiger partial charge is 0.255 e. The number of amides is 1. The minimum absolute atomic E-state index is 0.0235. The predicted octanol–water partition coefficient (Wildman–Crippen LogP) is 3.48. The zero-order chi connectivity index (χ0) is 30.0. The van der Waals surface area contributed by atoms with E-state index < -0.39 is 46.2 Å². The lowest BCUT2D eigenvalue weighted by Gasteiger charge is -2.46. The Morgan fingerprint density at radius 2 is 1.74 bits per heavy atom. The molecule has 3 aromatic carbocycles. The number of rotatable bonds is 5. The van der Waals surface area contributed by atoms with E-state index in [1.165, 1.54) is 6.07 Å². The number of hydrogen-bond donors (Lipinski definition) is 4. The van der Waals surface area contributed by atoms with E-state index in [1.807, 2.05) is 42.5 Å². The number of primary amides is 1. The van der Waals surface area contributed by atoms with Crippen LogP contribution in [-0.4, -0.2) is 45.2 Å². The number of allylic oxidation sites excluding steroid dienone is 1. The van der Waals surface area contributed by atoms with Gasteiger partial charge in [-0.05, 0) is 59.2 Å². The summed E-state index contributed by atoms with van der Waals surface area (Å²) >= 11 is 0. The van der Waals surface area contributed by atoms with Crippen LogP contribution in [0.15, 0.2) is 77.6 Å². The van der Waals surface area contributed by atoms with Crippen molar-refractivity contribution in [1.82, 2.24) is 0 Å². The number of nitrogens with two attached hydrogens (primary N) is 1. The van der Waals surface area contributed by atoms with Gasteiger partial charge in [0.1, 0.15) is 29.4 Å². The number of carbonyl (C=O) groups is 3. The SMILES string of the molecule is NC(=O)C1=C(OCc2ccccc2)CC2CC3Cc4c(-c5ccc6c(c5)OCO6)ccc(O)c4C(O)=C3C(=O)C2(O)C1=O. The Hall–Kier alpha value is -5.09. The van der Waals surface area contributed by atoms with Crippen LogP contribution < -0.4 is 15.2 Å². The van der Waals surface area contributed by atoms with E-state index >= 15 is 0 Å². The number of phenolic OH excluding ortho intramolecular Hbond substituents is 1. The molecule has 1 amide bonds. The summed E-state index contributed by atoms with van der Waals surface area (Å²) < 4.78 is 16.9. The molecule has 3 unspecified atom stereocenters. The van der Waals surface area contributed by atoms with E-state index in [4.69, 9.17) is 19.9 Å². The summed E-state index contributed by atoms with van der Waals surface area (Å²) in [5.41, 5.74) is 5.15. The highest BCUT2D eigenvalue weighted by atomic mass is 16.7. The molecule has 10 heteroatoms. The van der Waals surface area contributed by atoms with E-state index in [2.05, 4.69) is 0 Å². The van der Waals surface area contributed by atoms with Gasteiger partial charge in [-0.1, -0.05) is 42.5 Å². The maximum absolute atomic E-state index is 14.0. The summed E-state index contributed by atoms with van der Waals surface area (Å²) in [4.78, 5) is 40.1. The van der Waals surface area contributed by atoms with Gasteiger partial charge < -0.3 is 35.3 Å². The molecule has 7 rings (SSSR count). The molecule has 3 aromatic rings. The number of aromatic hydroxyl groups is 1. The second-order valence-corrected chi connectivity index (χ2v) is 11.2. The van der Waals surface area contributed by atoms with Crippen LogP contribution >= 0.6 is 0 Å². The normalized spacial score (nSPS) is 23.9. The van der Waals surface area contributed by atoms with Gasteiger partial charge in [0.25, 0.3) is 5.91 Å². The second kappa shape index (κ2) is 9.74. The number of aliphatic hydroxyl groups is 2. The highest BCUT2D eigenvalue weighted by molar-refractivity contribution is 6.32. The van der Waals surface area contributed by atoms with Gasteiger partial charge in [0.2, 0.25) is 18.4 Å². The maximum atomic E-state index is 14.0. The standard InChI is InChI=1S/C33H27NO9/c34-32(39)28-25(41-14-16-4-2-1-3-5-16)13-19-10-18-11-21-20(17-6-9-23-24(12-17)43-15-42-23)7-8-22(35)27(21)29(36)26(18)30(37)33(19,40)31(28)38/h1-9,12,18-19,35-36,40H,10-11,13-15H2,(H2,34,39). The fourth-order valence-corrected chi connectivity index (χ4v) is 6.81. The van der Waals surface area contributed by atoms with Crippen molar-refractivity contribution in [3.8, 4) is 28.4 Å². The van der Waals surface area contributed by atoms with E-state index in [0.717, 1.165) is 11.1 Å². The molecule has 0 saturated heterocycles. The number of ether oxygens (including phenoxy) is 3. The average molecular weight is 582 g/mol. The van der Waals surface area contributed by atoms with Crippen molar-refractivity contribution in [3.63, 3.8) is 0 Å². The summed E-state index contributed by atoms with van der Waals surface area (Å²) in [5.74, 6) is -4.36. The van der Waals surface area contributed by atoms with Crippen molar-refractivity contribution in [2.24, 2.45) is 17.6 Å². The summed E-state index contributed by atoms with van der Waals surface area (Å²) in [5, 5.41) is 34.0.